The van der Waals surface area contributed by atoms with Gasteiger partial charge in [0, 0.05) is 29.0 Å². The maximum atomic E-state index is 12.9. The average Bonchev–Trinajstić information content (AvgIpc) is 3.12. The standard InChI is InChI=1S/C21H15ClN4O5/c1-31-13-5-2-11(3-6-13)17-19(28)23-18-14-10-12(22)4-7-15(14)25-16(27)8-9-21(25,20(29)30)26(18)24-17/h2-7,10H,8-9H2,1H3,(H,29,30). The van der Waals surface area contributed by atoms with E-state index in [1.165, 1.54) is 16.7 Å². The van der Waals surface area contributed by atoms with Gasteiger partial charge in [-0.1, -0.05) is 11.6 Å². The topological polar surface area (TPSA) is 115 Å². The van der Waals surface area contributed by atoms with Crippen LogP contribution in [-0.4, -0.2) is 38.9 Å². The summed E-state index contributed by atoms with van der Waals surface area (Å²) in [6.45, 7) is 0. The lowest BCUT2D eigenvalue weighted by Gasteiger charge is -2.41. The van der Waals surface area contributed by atoms with Crippen LogP contribution in [0.4, 0.5) is 5.69 Å². The molecule has 3 aromatic rings. The number of fused-ring (bicyclic) bond motifs is 6. The Kier molecular flexibility index (Phi) is 4.13. The van der Waals surface area contributed by atoms with Crippen molar-refractivity contribution in [1.82, 2.24) is 14.8 Å². The largest absolute Gasteiger partial charge is 0.497 e. The summed E-state index contributed by atoms with van der Waals surface area (Å²) in [7, 11) is 1.52. The van der Waals surface area contributed by atoms with E-state index in [0.29, 0.717) is 27.6 Å². The van der Waals surface area contributed by atoms with Crippen molar-refractivity contribution in [2.75, 3.05) is 12.0 Å². The van der Waals surface area contributed by atoms with Crippen LogP contribution in [0.25, 0.3) is 22.6 Å². The number of benzene rings is 2. The summed E-state index contributed by atoms with van der Waals surface area (Å²) in [5.74, 6) is -0.983. The van der Waals surface area contributed by atoms with E-state index in [1.807, 2.05) is 0 Å². The van der Waals surface area contributed by atoms with Gasteiger partial charge in [0.25, 0.3) is 5.56 Å². The van der Waals surface area contributed by atoms with Gasteiger partial charge in [0.2, 0.25) is 11.6 Å². The number of aliphatic carboxylic acids is 1. The van der Waals surface area contributed by atoms with Gasteiger partial charge in [-0.2, -0.15) is 10.1 Å². The van der Waals surface area contributed by atoms with Crippen molar-refractivity contribution in [2.45, 2.75) is 18.5 Å². The van der Waals surface area contributed by atoms with Crippen LogP contribution in [0.5, 0.6) is 5.75 Å². The van der Waals surface area contributed by atoms with Gasteiger partial charge in [-0.05, 0) is 42.5 Å². The number of methoxy groups -OCH3 is 1. The molecule has 1 aromatic heterocycles. The third kappa shape index (κ3) is 2.59. The number of carbonyl (C=O) groups excluding carboxylic acids is 1. The van der Waals surface area contributed by atoms with Crippen LogP contribution >= 0.6 is 11.6 Å². The van der Waals surface area contributed by atoms with Crippen molar-refractivity contribution < 1.29 is 19.4 Å². The number of carbonyl (C=O) groups is 2. The van der Waals surface area contributed by atoms with Gasteiger partial charge in [-0.3, -0.25) is 14.5 Å². The normalized spacial score (nSPS) is 18.9. The van der Waals surface area contributed by atoms with Gasteiger partial charge in [-0.15, -0.1) is 0 Å². The number of halogens is 1. The molecule has 1 fully saturated rings. The van der Waals surface area contributed by atoms with Crippen molar-refractivity contribution in [3.63, 3.8) is 0 Å². The van der Waals surface area contributed by atoms with Crippen LogP contribution in [0.1, 0.15) is 12.8 Å². The Morgan fingerprint density at radius 1 is 1.19 bits per heavy atom. The molecule has 2 aliphatic heterocycles. The molecule has 1 amide bonds. The number of aromatic nitrogens is 3. The Morgan fingerprint density at radius 3 is 2.61 bits per heavy atom. The van der Waals surface area contributed by atoms with E-state index in [1.54, 1.807) is 42.5 Å². The fourth-order valence-corrected chi connectivity index (χ4v) is 4.34. The highest BCUT2D eigenvalue weighted by Gasteiger charge is 2.58. The van der Waals surface area contributed by atoms with Crippen LogP contribution in [0.3, 0.4) is 0 Å². The molecule has 156 valence electrons. The molecule has 0 bridgehead atoms. The number of nitrogens with zero attached hydrogens (tertiary/aromatic N) is 4. The number of amides is 1. The molecule has 2 aliphatic rings. The molecule has 0 radical (unpaired) electrons. The smallest absolute Gasteiger partial charge is 0.353 e. The summed E-state index contributed by atoms with van der Waals surface area (Å²) >= 11 is 6.15. The van der Waals surface area contributed by atoms with Crippen LogP contribution < -0.4 is 15.2 Å². The number of hydrogen-bond donors (Lipinski definition) is 1. The zero-order valence-corrected chi connectivity index (χ0v) is 17.0. The summed E-state index contributed by atoms with van der Waals surface area (Å²) in [6, 6.07) is 11.3. The second-order valence-electron chi connectivity index (χ2n) is 7.24. The molecule has 2 aromatic carbocycles. The summed E-state index contributed by atoms with van der Waals surface area (Å²) in [6.07, 6.45) is -0.00464. The van der Waals surface area contributed by atoms with E-state index in [4.69, 9.17) is 16.3 Å². The summed E-state index contributed by atoms with van der Waals surface area (Å²) in [5, 5.41) is 15.0. The van der Waals surface area contributed by atoms with E-state index < -0.39 is 17.2 Å². The lowest BCUT2D eigenvalue weighted by Crippen LogP contribution is -2.58. The van der Waals surface area contributed by atoms with E-state index in [0.717, 1.165) is 0 Å². The Hall–Kier alpha value is -3.72. The third-order valence-electron chi connectivity index (χ3n) is 5.61. The molecule has 0 spiro atoms. The number of carboxylic acid groups (broad SMARTS) is 1. The number of rotatable bonds is 3. The summed E-state index contributed by atoms with van der Waals surface area (Å²) in [5.41, 5.74) is -1.33. The molecule has 0 aliphatic carbocycles. The number of anilines is 1. The SMILES string of the molecule is COc1ccc(-c2nn3c(nc2=O)-c2cc(Cl)ccc2N2C(=O)CCC23C(=O)O)cc1. The molecule has 1 atom stereocenters. The van der Waals surface area contributed by atoms with Gasteiger partial charge in [0.05, 0.1) is 12.8 Å². The second-order valence-corrected chi connectivity index (χ2v) is 7.68. The summed E-state index contributed by atoms with van der Waals surface area (Å²) < 4.78 is 6.30. The first-order valence-corrected chi connectivity index (χ1v) is 9.77. The first-order chi connectivity index (χ1) is 14.9. The molecule has 9 nitrogen and oxygen atoms in total. The fraction of sp³-hybridized carbons (Fsp3) is 0.190. The van der Waals surface area contributed by atoms with Crippen molar-refractivity contribution in [3.8, 4) is 28.4 Å². The van der Waals surface area contributed by atoms with Crippen LogP contribution in [-0.2, 0) is 15.3 Å². The zero-order valence-electron chi connectivity index (χ0n) is 16.2. The highest BCUT2D eigenvalue weighted by molar-refractivity contribution is 6.31. The summed E-state index contributed by atoms with van der Waals surface area (Å²) in [4.78, 5) is 43.6. The maximum Gasteiger partial charge on any atom is 0.353 e. The van der Waals surface area contributed by atoms with Gasteiger partial charge < -0.3 is 9.84 Å². The zero-order chi connectivity index (χ0) is 21.9. The van der Waals surface area contributed by atoms with Gasteiger partial charge in [-0.25, -0.2) is 9.48 Å². The second kappa shape index (κ2) is 6.64. The van der Waals surface area contributed by atoms with Crippen molar-refractivity contribution in [2.24, 2.45) is 0 Å². The Morgan fingerprint density at radius 2 is 1.94 bits per heavy atom. The molecule has 1 N–H and O–H groups in total. The average molecular weight is 439 g/mol. The number of ether oxygens (including phenoxy) is 1. The molecule has 10 heteroatoms. The molecule has 31 heavy (non-hydrogen) atoms. The third-order valence-corrected chi connectivity index (χ3v) is 5.85. The first-order valence-electron chi connectivity index (χ1n) is 9.39. The van der Waals surface area contributed by atoms with Gasteiger partial charge in [0.15, 0.2) is 11.5 Å². The lowest BCUT2D eigenvalue weighted by molar-refractivity contribution is -0.148. The molecule has 3 heterocycles. The lowest BCUT2D eigenvalue weighted by atomic mass is 10.00. The Labute approximate surface area is 180 Å². The quantitative estimate of drug-likeness (QED) is 0.668. The molecule has 1 unspecified atom stereocenters. The monoisotopic (exact) mass is 438 g/mol. The van der Waals surface area contributed by atoms with Crippen LogP contribution in [0.15, 0.2) is 47.3 Å². The Bertz CT molecular complexity index is 1320. The predicted molar refractivity (Wildman–Crippen MR) is 111 cm³/mol. The predicted octanol–water partition coefficient (Wildman–Crippen LogP) is 2.51. The minimum absolute atomic E-state index is 0.0134. The van der Waals surface area contributed by atoms with Crippen molar-refractivity contribution in [1.29, 1.82) is 0 Å². The minimum atomic E-state index is -1.82. The molecular weight excluding hydrogens is 424 g/mol. The van der Waals surface area contributed by atoms with Crippen molar-refractivity contribution in [3.05, 3.63) is 57.8 Å². The highest BCUT2D eigenvalue weighted by atomic mass is 35.5. The first kappa shape index (κ1) is 19.3. The molecular formula is C21H15ClN4O5. The fourth-order valence-electron chi connectivity index (χ4n) is 4.17. The van der Waals surface area contributed by atoms with Gasteiger partial charge in [0.1, 0.15) is 5.75 Å². The Balaban J connectivity index is 1.84. The van der Waals surface area contributed by atoms with Gasteiger partial charge >= 0.3 is 5.97 Å². The van der Waals surface area contributed by atoms with E-state index >= 15 is 0 Å². The minimum Gasteiger partial charge on any atom is -0.497 e. The number of hydrogen-bond acceptors (Lipinski definition) is 6. The van der Waals surface area contributed by atoms with E-state index in [-0.39, 0.29) is 30.3 Å². The molecule has 5 rings (SSSR count). The maximum absolute atomic E-state index is 12.9. The number of carboxylic acids is 1. The van der Waals surface area contributed by atoms with E-state index in [9.17, 15) is 19.5 Å². The van der Waals surface area contributed by atoms with E-state index in [2.05, 4.69) is 10.1 Å². The van der Waals surface area contributed by atoms with Crippen LogP contribution in [0, 0.1) is 0 Å². The molecule has 1 saturated heterocycles. The van der Waals surface area contributed by atoms with Crippen molar-refractivity contribution >= 4 is 29.2 Å². The molecule has 0 saturated carbocycles. The van der Waals surface area contributed by atoms with Crippen LogP contribution in [0.2, 0.25) is 5.02 Å². The highest BCUT2D eigenvalue weighted by Crippen LogP contribution is 2.48.